The largest absolute Gasteiger partial charge is 0.341 e. The number of amides is 1. The number of nitrogens with zero attached hydrogens (tertiary/aromatic N) is 1. The Morgan fingerprint density at radius 3 is 2.40 bits per heavy atom. The Kier molecular flexibility index (Phi) is 3.77. The second-order valence-electron chi connectivity index (χ2n) is 6.31. The molecule has 0 fully saturated rings. The van der Waals surface area contributed by atoms with Crippen molar-refractivity contribution >= 4 is 33.4 Å². The molecule has 0 saturated carbocycles. The zero-order valence-electron chi connectivity index (χ0n) is 14.4. The van der Waals surface area contributed by atoms with Crippen LogP contribution >= 0.6 is 0 Å². The van der Waals surface area contributed by atoms with Gasteiger partial charge in [0.25, 0.3) is 5.91 Å². The van der Waals surface area contributed by atoms with E-state index in [-0.39, 0.29) is 5.91 Å². The van der Waals surface area contributed by atoms with Crippen molar-refractivity contribution in [3.8, 4) is 0 Å². The maximum Gasteiger partial charge on any atom is 0.255 e. The lowest BCUT2D eigenvalue weighted by Crippen LogP contribution is -2.11. The maximum absolute atomic E-state index is 12.5. The lowest BCUT2D eigenvalue weighted by Gasteiger charge is -2.07. The van der Waals surface area contributed by atoms with Gasteiger partial charge in [-0.2, -0.15) is 0 Å². The Bertz CT molecular complexity index is 1070. The highest BCUT2D eigenvalue weighted by Crippen LogP contribution is 2.31. The molecule has 0 spiro atoms. The molecule has 25 heavy (non-hydrogen) atoms. The first-order valence-electron chi connectivity index (χ1n) is 8.56. The molecule has 3 aromatic carbocycles. The van der Waals surface area contributed by atoms with Crippen molar-refractivity contribution in [1.82, 2.24) is 4.57 Å². The third kappa shape index (κ3) is 2.68. The van der Waals surface area contributed by atoms with Gasteiger partial charge in [0.15, 0.2) is 0 Å². The molecule has 0 bridgehead atoms. The summed E-state index contributed by atoms with van der Waals surface area (Å²) in [7, 11) is 0. The van der Waals surface area contributed by atoms with Crippen LogP contribution in [-0.4, -0.2) is 10.5 Å². The third-order valence-electron chi connectivity index (χ3n) is 4.66. The average molecular weight is 328 g/mol. The molecule has 124 valence electrons. The number of carbonyl (C=O) groups excluding carboxylic acids is 1. The van der Waals surface area contributed by atoms with E-state index in [0.29, 0.717) is 5.56 Å². The molecule has 0 saturated heterocycles. The Morgan fingerprint density at radius 1 is 0.920 bits per heavy atom. The van der Waals surface area contributed by atoms with E-state index < -0.39 is 0 Å². The molecule has 1 amide bonds. The van der Waals surface area contributed by atoms with Crippen molar-refractivity contribution in [2.75, 3.05) is 5.32 Å². The van der Waals surface area contributed by atoms with Crippen LogP contribution in [0.25, 0.3) is 21.8 Å². The first kappa shape index (κ1) is 15.5. The molecule has 0 atom stereocenters. The summed E-state index contributed by atoms with van der Waals surface area (Å²) in [6, 6.07) is 22.1. The second-order valence-corrected chi connectivity index (χ2v) is 6.31. The van der Waals surface area contributed by atoms with Crippen molar-refractivity contribution in [2.24, 2.45) is 0 Å². The van der Waals surface area contributed by atoms with E-state index >= 15 is 0 Å². The van der Waals surface area contributed by atoms with Gasteiger partial charge in [0.1, 0.15) is 0 Å². The van der Waals surface area contributed by atoms with Crippen LogP contribution in [0.1, 0.15) is 22.8 Å². The number of rotatable bonds is 3. The number of aryl methyl sites for hydroxylation is 2. The lowest BCUT2D eigenvalue weighted by molar-refractivity contribution is 0.102. The minimum absolute atomic E-state index is 0.0846. The van der Waals surface area contributed by atoms with Crippen LogP contribution in [-0.2, 0) is 6.54 Å². The van der Waals surface area contributed by atoms with Crippen molar-refractivity contribution in [3.63, 3.8) is 0 Å². The molecule has 0 aliphatic rings. The fraction of sp³-hybridized carbons (Fsp3) is 0.136. The molecule has 1 aromatic heterocycles. The summed E-state index contributed by atoms with van der Waals surface area (Å²) in [5, 5.41) is 5.39. The molecule has 1 N–H and O–H groups in total. The molecular weight excluding hydrogens is 308 g/mol. The van der Waals surface area contributed by atoms with E-state index in [4.69, 9.17) is 0 Å². The van der Waals surface area contributed by atoms with Gasteiger partial charge in [-0.25, -0.2) is 0 Å². The summed E-state index contributed by atoms with van der Waals surface area (Å²) < 4.78 is 2.30. The molecule has 4 aromatic rings. The van der Waals surface area contributed by atoms with Crippen LogP contribution in [0, 0.1) is 6.92 Å². The highest BCUT2D eigenvalue weighted by molar-refractivity contribution is 6.11. The number of benzene rings is 3. The molecular formula is C22H20N2O. The van der Waals surface area contributed by atoms with Gasteiger partial charge in [-0.05, 0) is 50.2 Å². The molecule has 4 rings (SSSR count). The topological polar surface area (TPSA) is 34.0 Å². The van der Waals surface area contributed by atoms with E-state index in [0.717, 1.165) is 17.8 Å². The molecule has 1 heterocycles. The zero-order chi connectivity index (χ0) is 17.4. The van der Waals surface area contributed by atoms with Gasteiger partial charge in [-0.3, -0.25) is 4.79 Å². The fourth-order valence-electron chi connectivity index (χ4n) is 3.38. The van der Waals surface area contributed by atoms with Gasteiger partial charge in [0.2, 0.25) is 0 Å². The highest BCUT2D eigenvalue weighted by Gasteiger charge is 2.11. The number of hydrogen-bond acceptors (Lipinski definition) is 1. The van der Waals surface area contributed by atoms with Crippen LogP contribution in [0.4, 0.5) is 5.69 Å². The minimum Gasteiger partial charge on any atom is -0.341 e. The van der Waals surface area contributed by atoms with Crippen LogP contribution in [0.3, 0.4) is 0 Å². The highest BCUT2D eigenvalue weighted by atomic mass is 16.1. The summed E-state index contributed by atoms with van der Waals surface area (Å²) >= 11 is 0. The van der Waals surface area contributed by atoms with E-state index in [1.54, 1.807) is 0 Å². The predicted octanol–water partition coefficient (Wildman–Crippen LogP) is 5.38. The van der Waals surface area contributed by atoms with Crippen molar-refractivity contribution in [3.05, 3.63) is 77.9 Å². The number of nitrogens with one attached hydrogen (secondary N) is 1. The fourth-order valence-corrected chi connectivity index (χ4v) is 3.38. The SMILES string of the molecule is CCn1c2ccccc2c2cc(NC(=O)c3ccc(C)cc3)ccc21. The summed E-state index contributed by atoms with van der Waals surface area (Å²) in [4.78, 5) is 12.5. The number of carbonyl (C=O) groups is 1. The van der Waals surface area contributed by atoms with Crippen molar-refractivity contribution in [2.45, 2.75) is 20.4 Å². The third-order valence-corrected chi connectivity index (χ3v) is 4.66. The average Bonchev–Trinajstić information content (AvgIpc) is 2.95. The summed E-state index contributed by atoms with van der Waals surface area (Å²) in [5.74, 6) is -0.0846. The number of hydrogen-bond donors (Lipinski definition) is 1. The lowest BCUT2D eigenvalue weighted by atomic mass is 10.1. The van der Waals surface area contributed by atoms with Gasteiger partial charge >= 0.3 is 0 Å². The quantitative estimate of drug-likeness (QED) is 0.538. The monoisotopic (exact) mass is 328 g/mol. The molecule has 0 aliphatic heterocycles. The molecule has 3 nitrogen and oxygen atoms in total. The number of para-hydroxylation sites is 1. The Balaban J connectivity index is 1.75. The predicted molar refractivity (Wildman–Crippen MR) is 104 cm³/mol. The zero-order valence-corrected chi connectivity index (χ0v) is 14.4. The van der Waals surface area contributed by atoms with E-state index in [2.05, 4.69) is 53.2 Å². The summed E-state index contributed by atoms with van der Waals surface area (Å²) in [6.07, 6.45) is 0. The van der Waals surface area contributed by atoms with Gasteiger partial charge < -0.3 is 9.88 Å². The van der Waals surface area contributed by atoms with Crippen LogP contribution in [0.5, 0.6) is 0 Å². The smallest absolute Gasteiger partial charge is 0.255 e. The number of fused-ring (bicyclic) bond motifs is 3. The second kappa shape index (κ2) is 6.10. The Hall–Kier alpha value is -3.07. The Labute approximate surface area is 146 Å². The van der Waals surface area contributed by atoms with Gasteiger partial charge in [0.05, 0.1) is 0 Å². The molecule has 0 aliphatic carbocycles. The molecule has 0 unspecified atom stereocenters. The van der Waals surface area contributed by atoms with Gasteiger partial charge in [-0.15, -0.1) is 0 Å². The van der Waals surface area contributed by atoms with Crippen molar-refractivity contribution < 1.29 is 4.79 Å². The standard InChI is InChI=1S/C22H20N2O/c1-3-24-20-7-5-4-6-18(20)19-14-17(12-13-21(19)24)23-22(25)16-10-8-15(2)9-11-16/h4-14H,3H2,1-2H3,(H,23,25). The summed E-state index contributed by atoms with van der Waals surface area (Å²) in [6.45, 7) is 5.08. The van der Waals surface area contributed by atoms with E-state index in [1.165, 1.54) is 21.8 Å². The van der Waals surface area contributed by atoms with E-state index in [1.807, 2.05) is 37.3 Å². The van der Waals surface area contributed by atoms with Crippen molar-refractivity contribution in [1.29, 1.82) is 0 Å². The van der Waals surface area contributed by atoms with E-state index in [9.17, 15) is 4.79 Å². The first-order chi connectivity index (χ1) is 12.2. The van der Waals surface area contributed by atoms with Crippen LogP contribution < -0.4 is 5.32 Å². The number of aromatic nitrogens is 1. The normalized spacial score (nSPS) is 11.1. The van der Waals surface area contributed by atoms with Crippen LogP contribution in [0.2, 0.25) is 0 Å². The minimum atomic E-state index is -0.0846. The first-order valence-corrected chi connectivity index (χ1v) is 8.56. The van der Waals surface area contributed by atoms with Gasteiger partial charge in [-0.1, -0.05) is 35.9 Å². The molecule has 3 heteroatoms. The van der Waals surface area contributed by atoms with Gasteiger partial charge in [0, 0.05) is 39.6 Å². The molecule has 0 radical (unpaired) electrons. The maximum atomic E-state index is 12.5. The Morgan fingerprint density at radius 2 is 1.64 bits per heavy atom. The summed E-state index contributed by atoms with van der Waals surface area (Å²) in [5.41, 5.74) is 5.04. The van der Waals surface area contributed by atoms with Crippen LogP contribution in [0.15, 0.2) is 66.7 Å². The number of anilines is 1.